The van der Waals surface area contributed by atoms with Gasteiger partial charge >= 0.3 is 6.01 Å². The van der Waals surface area contributed by atoms with Crippen molar-refractivity contribution in [2.45, 2.75) is 26.3 Å². The van der Waals surface area contributed by atoms with Gasteiger partial charge in [-0.05, 0) is 49.7 Å². The van der Waals surface area contributed by atoms with Crippen molar-refractivity contribution < 1.29 is 9.53 Å². The molecule has 0 bridgehead atoms. The predicted molar refractivity (Wildman–Crippen MR) is 132 cm³/mol. The van der Waals surface area contributed by atoms with E-state index < -0.39 is 5.54 Å². The fourth-order valence-electron chi connectivity index (χ4n) is 3.64. The number of aromatic amines is 1. The van der Waals surface area contributed by atoms with E-state index in [4.69, 9.17) is 16.3 Å². The number of halogens is 1. The van der Waals surface area contributed by atoms with Crippen LogP contribution in [0.2, 0.25) is 5.02 Å². The maximum Gasteiger partial charge on any atom is 0.301 e. The second-order valence-electron chi connectivity index (χ2n) is 8.61. The standard InChI is InChI=1S/C25H26ClN5O2/c1-15(32)30-25(2,3)17-9-11-19(12-10-17)33-24-27-21-14-20(26)22(28-23(21)29-24)16-7-6-8-18(13-16)31(4)5/h6-14H,1-5H3,(H,30,32)(H,27,28,29). The first-order valence-electron chi connectivity index (χ1n) is 10.5. The van der Waals surface area contributed by atoms with E-state index in [0.29, 0.717) is 33.6 Å². The zero-order chi connectivity index (χ0) is 23.8. The van der Waals surface area contributed by atoms with Gasteiger partial charge in [0.2, 0.25) is 5.91 Å². The highest BCUT2D eigenvalue weighted by molar-refractivity contribution is 6.33. The molecule has 4 rings (SSSR count). The van der Waals surface area contributed by atoms with E-state index in [0.717, 1.165) is 16.8 Å². The van der Waals surface area contributed by atoms with Gasteiger partial charge in [-0.3, -0.25) is 4.79 Å². The third kappa shape index (κ3) is 4.93. The van der Waals surface area contributed by atoms with Crippen LogP contribution in [0.4, 0.5) is 5.69 Å². The summed E-state index contributed by atoms with van der Waals surface area (Å²) in [6.45, 7) is 5.40. The van der Waals surface area contributed by atoms with Gasteiger partial charge in [0, 0.05) is 32.3 Å². The number of ether oxygens (including phenoxy) is 1. The van der Waals surface area contributed by atoms with Crippen molar-refractivity contribution in [2.24, 2.45) is 0 Å². The van der Waals surface area contributed by atoms with Crippen molar-refractivity contribution in [3.8, 4) is 23.0 Å². The van der Waals surface area contributed by atoms with Crippen LogP contribution in [0, 0.1) is 0 Å². The SMILES string of the molecule is CC(=O)NC(C)(C)c1ccc(Oc2nc3nc(-c4cccc(N(C)C)c4)c(Cl)cc3[nH]2)cc1. The number of rotatable bonds is 6. The highest BCUT2D eigenvalue weighted by Gasteiger charge is 2.21. The quantitative estimate of drug-likeness (QED) is 0.394. The zero-order valence-corrected chi connectivity index (χ0v) is 20.0. The summed E-state index contributed by atoms with van der Waals surface area (Å²) in [5.41, 5.74) is 4.32. The van der Waals surface area contributed by atoms with Crippen molar-refractivity contribution >= 4 is 34.4 Å². The van der Waals surface area contributed by atoms with Gasteiger partial charge < -0.3 is 19.9 Å². The molecule has 0 radical (unpaired) electrons. The van der Waals surface area contributed by atoms with Crippen molar-refractivity contribution in [3.63, 3.8) is 0 Å². The Kier molecular flexibility index (Phi) is 5.99. The second kappa shape index (κ2) is 8.75. The first-order valence-corrected chi connectivity index (χ1v) is 10.9. The van der Waals surface area contributed by atoms with E-state index in [2.05, 4.69) is 20.3 Å². The van der Waals surface area contributed by atoms with Gasteiger partial charge in [0.05, 0.1) is 21.8 Å². The maximum absolute atomic E-state index is 11.4. The Hall–Kier alpha value is -3.58. The number of imidazole rings is 1. The lowest BCUT2D eigenvalue weighted by molar-refractivity contribution is -0.120. The molecule has 2 heterocycles. The molecule has 2 N–H and O–H groups in total. The lowest BCUT2D eigenvalue weighted by Gasteiger charge is -2.26. The summed E-state index contributed by atoms with van der Waals surface area (Å²) in [5.74, 6) is 0.531. The summed E-state index contributed by atoms with van der Waals surface area (Å²) in [7, 11) is 3.98. The van der Waals surface area contributed by atoms with Gasteiger partial charge in [0.15, 0.2) is 5.65 Å². The average Bonchev–Trinajstić information content (AvgIpc) is 3.13. The van der Waals surface area contributed by atoms with Gasteiger partial charge in [-0.25, -0.2) is 4.98 Å². The molecule has 0 saturated carbocycles. The molecule has 0 unspecified atom stereocenters. The smallest absolute Gasteiger partial charge is 0.301 e. The molecular weight excluding hydrogens is 438 g/mol. The lowest BCUT2D eigenvalue weighted by Crippen LogP contribution is -2.39. The van der Waals surface area contributed by atoms with E-state index in [1.54, 1.807) is 6.07 Å². The van der Waals surface area contributed by atoms with E-state index >= 15 is 0 Å². The van der Waals surface area contributed by atoms with Crippen LogP contribution < -0.4 is 15.0 Å². The van der Waals surface area contributed by atoms with Crippen LogP contribution in [-0.4, -0.2) is 35.0 Å². The monoisotopic (exact) mass is 463 g/mol. The number of benzene rings is 2. The van der Waals surface area contributed by atoms with Gasteiger partial charge in [-0.1, -0.05) is 35.9 Å². The van der Waals surface area contributed by atoms with Crippen LogP contribution in [0.3, 0.4) is 0 Å². The summed E-state index contributed by atoms with van der Waals surface area (Å²) < 4.78 is 5.90. The number of nitrogens with zero attached hydrogens (tertiary/aromatic N) is 3. The number of H-pyrrole nitrogens is 1. The number of carbonyl (C=O) groups is 1. The third-order valence-electron chi connectivity index (χ3n) is 5.32. The van der Waals surface area contributed by atoms with Crippen molar-refractivity contribution in [1.29, 1.82) is 0 Å². The lowest BCUT2D eigenvalue weighted by atomic mass is 9.94. The number of hydrogen-bond donors (Lipinski definition) is 2. The number of hydrogen-bond acceptors (Lipinski definition) is 5. The number of nitrogens with one attached hydrogen (secondary N) is 2. The minimum Gasteiger partial charge on any atom is -0.426 e. The highest BCUT2D eigenvalue weighted by Crippen LogP contribution is 2.32. The largest absolute Gasteiger partial charge is 0.426 e. The molecular formula is C25H26ClN5O2. The molecule has 2 aromatic carbocycles. The Balaban J connectivity index is 1.59. The number of amides is 1. The molecule has 0 aliphatic rings. The Bertz CT molecular complexity index is 1310. The summed E-state index contributed by atoms with van der Waals surface area (Å²) in [5, 5.41) is 3.46. The number of carbonyl (C=O) groups excluding carboxylic acids is 1. The van der Waals surface area contributed by atoms with Gasteiger partial charge in [-0.15, -0.1) is 0 Å². The minimum absolute atomic E-state index is 0.0819. The molecule has 0 fully saturated rings. The number of anilines is 1. The molecule has 0 spiro atoms. The van der Waals surface area contributed by atoms with Gasteiger partial charge in [0.25, 0.3) is 0 Å². The van der Waals surface area contributed by atoms with Crippen molar-refractivity contribution in [1.82, 2.24) is 20.3 Å². The zero-order valence-electron chi connectivity index (χ0n) is 19.2. The van der Waals surface area contributed by atoms with Crippen LogP contribution in [0.25, 0.3) is 22.4 Å². The number of aromatic nitrogens is 3. The molecule has 4 aromatic rings. The second-order valence-corrected chi connectivity index (χ2v) is 9.02. The Morgan fingerprint density at radius 1 is 1.09 bits per heavy atom. The molecule has 170 valence electrons. The van der Waals surface area contributed by atoms with Crippen LogP contribution in [-0.2, 0) is 10.3 Å². The normalized spacial score (nSPS) is 11.5. The molecule has 2 aromatic heterocycles. The first-order chi connectivity index (χ1) is 15.6. The van der Waals surface area contributed by atoms with E-state index in [9.17, 15) is 4.79 Å². The molecule has 7 nitrogen and oxygen atoms in total. The summed E-state index contributed by atoms with van der Waals surface area (Å²) >= 11 is 6.54. The van der Waals surface area contributed by atoms with Crippen LogP contribution in [0.15, 0.2) is 54.6 Å². The molecule has 0 atom stereocenters. The predicted octanol–water partition coefficient (Wildman–Crippen LogP) is 5.51. The van der Waals surface area contributed by atoms with Crippen LogP contribution in [0.1, 0.15) is 26.3 Å². The highest BCUT2D eigenvalue weighted by atomic mass is 35.5. The summed E-state index contributed by atoms with van der Waals surface area (Å²) in [4.78, 5) is 25.7. The van der Waals surface area contributed by atoms with E-state index in [1.165, 1.54) is 6.92 Å². The average molecular weight is 464 g/mol. The van der Waals surface area contributed by atoms with E-state index in [1.807, 2.05) is 81.4 Å². The first kappa shape index (κ1) is 22.6. The molecule has 0 saturated heterocycles. The topological polar surface area (TPSA) is 83.1 Å². The Morgan fingerprint density at radius 2 is 1.82 bits per heavy atom. The van der Waals surface area contributed by atoms with Gasteiger partial charge in [-0.2, -0.15) is 4.98 Å². The van der Waals surface area contributed by atoms with Crippen molar-refractivity contribution in [2.75, 3.05) is 19.0 Å². The Morgan fingerprint density at radius 3 is 2.48 bits per heavy atom. The molecule has 0 aliphatic carbocycles. The molecule has 0 aliphatic heterocycles. The van der Waals surface area contributed by atoms with Gasteiger partial charge in [0.1, 0.15) is 5.75 Å². The number of fused-ring (bicyclic) bond motifs is 1. The molecule has 1 amide bonds. The fourth-order valence-corrected chi connectivity index (χ4v) is 3.90. The third-order valence-corrected chi connectivity index (χ3v) is 5.61. The molecule has 8 heteroatoms. The maximum atomic E-state index is 11.4. The van der Waals surface area contributed by atoms with E-state index in [-0.39, 0.29) is 5.91 Å². The number of pyridine rings is 1. The molecule has 33 heavy (non-hydrogen) atoms. The van der Waals surface area contributed by atoms with Crippen LogP contribution in [0.5, 0.6) is 11.8 Å². The summed E-state index contributed by atoms with van der Waals surface area (Å²) in [6.07, 6.45) is 0. The van der Waals surface area contributed by atoms with Crippen molar-refractivity contribution in [3.05, 3.63) is 65.2 Å². The summed E-state index contributed by atoms with van der Waals surface area (Å²) in [6, 6.07) is 17.6. The minimum atomic E-state index is -0.481. The Labute approximate surface area is 197 Å². The fraction of sp³-hybridized carbons (Fsp3) is 0.240. The van der Waals surface area contributed by atoms with Crippen LogP contribution >= 0.6 is 11.6 Å².